The molecule has 0 bridgehead atoms. The molecule has 0 aliphatic rings. The third-order valence-corrected chi connectivity index (χ3v) is 2.81. The van der Waals surface area contributed by atoms with Crippen molar-refractivity contribution in [3.05, 3.63) is 23.9 Å². The number of amides is 1. The summed E-state index contributed by atoms with van der Waals surface area (Å²) in [7, 11) is 0. The number of aromatic nitrogens is 2. The van der Waals surface area contributed by atoms with Crippen molar-refractivity contribution in [2.45, 2.75) is 20.3 Å². The van der Waals surface area contributed by atoms with Gasteiger partial charge < -0.3 is 11.1 Å². The van der Waals surface area contributed by atoms with Crippen LogP contribution in [0.3, 0.4) is 0 Å². The van der Waals surface area contributed by atoms with Crippen molar-refractivity contribution in [3.8, 4) is 0 Å². The van der Waals surface area contributed by atoms with E-state index in [9.17, 15) is 4.79 Å². The normalized spacial score (nSPS) is 11.1. The molecule has 1 heterocycles. The van der Waals surface area contributed by atoms with E-state index < -0.39 is 0 Å². The molecule has 0 radical (unpaired) electrons. The van der Waals surface area contributed by atoms with Gasteiger partial charge in [-0.1, -0.05) is 13.8 Å². The Morgan fingerprint density at radius 3 is 3.00 bits per heavy atom. The van der Waals surface area contributed by atoms with E-state index in [1.807, 2.05) is 6.07 Å². The lowest BCUT2D eigenvalue weighted by atomic mass is 10.1. The van der Waals surface area contributed by atoms with Crippen LogP contribution in [0, 0.1) is 5.92 Å². The molecular weight excluding hydrogens is 228 g/mol. The molecule has 1 aromatic carbocycles. The number of aromatic amines is 1. The van der Waals surface area contributed by atoms with E-state index in [2.05, 4.69) is 29.4 Å². The van der Waals surface area contributed by atoms with Crippen LogP contribution in [0.25, 0.3) is 10.9 Å². The molecule has 0 saturated heterocycles. The number of nitrogens with zero attached hydrogens (tertiary/aromatic N) is 1. The zero-order valence-corrected chi connectivity index (χ0v) is 10.7. The molecule has 96 valence electrons. The summed E-state index contributed by atoms with van der Waals surface area (Å²) in [6, 6.07) is 5.36. The summed E-state index contributed by atoms with van der Waals surface area (Å²) in [5.74, 6) is 0.407. The molecule has 5 heteroatoms. The zero-order valence-electron chi connectivity index (χ0n) is 10.7. The Labute approximate surface area is 106 Å². The van der Waals surface area contributed by atoms with Gasteiger partial charge in [0.05, 0.1) is 5.52 Å². The van der Waals surface area contributed by atoms with E-state index in [0.717, 1.165) is 17.3 Å². The topological polar surface area (TPSA) is 83.8 Å². The Morgan fingerprint density at radius 1 is 1.50 bits per heavy atom. The van der Waals surface area contributed by atoms with Crippen molar-refractivity contribution in [2.24, 2.45) is 5.92 Å². The van der Waals surface area contributed by atoms with Gasteiger partial charge >= 0.3 is 0 Å². The fourth-order valence-corrected chi connectivity index (χ4v) is 1.76. The molecule has 0 fully saturated rings. The highest BCUT2D eigenvalue weighted by Gasteiger charge is 2.13. The van der Waals surface area contributed by atoms with Crippen LogP contribution in [-0.2, 0) is 0 Å². The third-order valence-electron chi connectivity index (χ3n) is 2.81. The van der Waals surface area contributed by atoms with Gasteiger partial charge in [-0.05, 0) is 30.5 Å². The molecule has 0 aliphatic heterocycles. The number of hydrogen-bond donors (Lipinski definition) is 3. The van der Waals surface area contributed by atoms with Crippen molar-refractivity contribution < 1.29 is 4.79 Å². The van der Waals surface area contributed by atoms with Gasteiger partial charge in [0.2, 0.25) is 0 Å². The van der Waals surface area contributed by atoms with Crippen LogP contribution < -0.4 is 11.1 Å². The highest BCUT2D eigenvalue weighted by Crippen LogP contribution is 2.18. The van der Waals surface area contributed by atoms with E-state index in [1.54, 1.807) is 12.1 Å². The number of nitrogens with two attached hydrogens (primary N) is 1. The van der Waals surface area contributed by atoms with Gasteiger partial charge in [0.1, 0.15) is 0 Å². The SMILES string of the molecule is CC(C)CCNC(=O)c1n[nH]c2ccc(N)cc12. The number of benzene rings is 1. The van der Waals surface area contributed by atoms with E-state index >= 15 is 0 Å². The summed E-state index contributed by atoms with van der Waals surface area (Å²) in [6.07, 6.45) is 0.955. The van der Waals surface area contributed by atoms with E-state index in [4.69, 9.17) is 5.73 Å². The van der Waals surface area contributed by atoms with Crippen molar-refractivity contribution in [3.63, 3.8) is 0 Å². The van der Waals surface area contributed by atoms with Crippen molar-refractivity contribution in [1.29, 1.82) is 0 Å². The third kappa shape index (κ3) is 2.61. The lowest BCUT2D eigenvalue weighted by molar-refractivity contribution is 0.0948. The Balaban J connectivity index is 2.15. The number of fused-ring (bicyclic) bond motifs is 1. The maximum Gasteiger partial charge on any atom is 0.272 e. The Bertz CT molecular complexity index is 559. The number of carbonyl (C=O) groups is 1. The molecule has 0 aliphatic carbocycles. The standard InChI is InChI=1S/C13H18N4O/c1-8(2)5-6-15-13(18)12-10-7-9(14)3-4-11(10)16-17-12/h3-4,7-8H,5-6,14H2,1-2H3,(H,15,18)(H,16,17). The van der Waals surface area contributed by atoms with Crippen LogP contribution >= 0.6 is 0 Å². The molecular formula is C13H18N4O. The number of rotatable bonds is 4. The predicted octanol–water partition coefficient (Wildman–Crippen LogP) is 1.92. The number of H-pyrrole nitrogens is 1. The molecule has 2 rings (SSSR count). The molecule has 5 nitrogen and oxygen atoms in total. The van der Waals surface area contributed by atoms with Crippen molar-refractivity contribution in [2.75, 3.05) is 12.3 Å². The Morgan fingerprint density at radius 2 is 2.28 bits per heavy atom. The Hall–Kier alpha value is -2.04. The molecule has 1 amide bonds. The lowest BCUT2D eigenvalue weighted by Gasteiger charge is -2.05. The van der Waals surface area contributed by atoms with Crippen molar-refractivity contribution in [1.82, 2.24) is 15.5 Å². The van der Waals surface area contributed by atoms with E-state index in [1.165, 1.54) is 0 Å². The van der Waals surface area contributed by atoms with Gasteiger partial charge in [-0.3, -0.25) is 9.89 Å². The van der Waals surface area contributed by atoms with Crippen LogP contribution in [0.2, 0.25) is 0 Å². The fourth-order valence-electron chi connectivity index (χ4n) is 1.76. The summed E-state index contributed by atoms with van der Waals surface area (Å²) in [5, 5.41) is 10.5. The average molecular weight is 246 g/mol. The first kappa shape index (κ1) is 12.4. The van der Waals surface area contributed by atoms with Gasteiger partial charge in [0, 0.05) is 17.6 Å². The minimum atomic E-state index is -0.160. The number of carbonyl (C=O) groups excluding carboxylic acids is 1. The number of nitrogen functional groups attached to an aromatic ring is 1. The summed E-state index contributed by atoms with van der Waals surface area (Å²) in [6.45, 7) is 4.90. The summed E-state index contributed by atoms with van der Waals surface area (Å²) >= 11 is 0. The monoisotopic (exact) mass is 246 g/mol. The van der Waals surface area contributed by atoms with E-state index in [-0.39, 0.29) is 5.91 Å². The van der Waals surface area contributed by atoms with Gasteiger partial charge in [-0.2, -0.15) is 5.10 Å². The average Bonchev–Trinajstić information content (AvgIpc) is 2.71. The summed E-state index contributed by atoms with van der Waals surface area (Å²) in [4.78, 5) is 12.0. The molecule has 0 atom stereocenters. The summed E-state index contributed by atoms with van der Waals surface area (Å²) in [5.41, 5.74) is 7.57. The molecule has 1 aromatic heterocycles. The maximum absolute atomic E-state index is 12.0. The first-order valence-corrected chi connectivity index (χ1v) is 6.09. The second-order valence-electron chi connectivity index (χ2n) is 4.82. The van der Waals surface area contributed by atoms with Crippen LogP contribution in [0.5, 0.6) is 0 Å². The number of hydrogen-bond acceptors (Lipinski definition) is 3. The molecule has 0 saturated carbocycles. The maximum atomic E-state index is 12.0. The van der Waals surface area contributed by atoms with Crippen LogP contribution in [0.1, 0.15) is 30.8 Å². The first-order chi connectivity index (χ1) is 8.58. The first-order valence-electron chi connectivity index (χ1n) is 6.09. The minimum Gasteiger partial charge on any atom is -0.399 e. The van der Waals surface area contributed by atoms with Crippen LogP contribution in [0.4, 0.5) is 5.69 Å². The molecule has 0 spiro atoms. The second-order valence-corrected chi connectivity index (χ2v) is 4.82. The highest BCUT2D eigenvalue weighted by atomic mass is 16.1. The largest absolute Gasteiger partial charge is 0.399 e. The molecule has 18 heavy (non-hydrogen) atoms. The number of anilines is 1. The van der Waals surface area contributed by atoms with Gasteiger partial charge in [-0.15, -0.1) is 0 Å². The smallest absolute Gasteiger partial charge is 0.272 e. The van der Waals surface area contributed by atoms with Crippen LogP contribution in [0.15, 0.2) is 18.2 Å². The molecule has 2 aromatic rings. The van der Waals surface area contributed by atoms with Gasteiger partial charge in [0.15, 0.2) is 5.69 Å². The quantitative estimate of drug-likeness (QED) is 0.721. The summed E-state index contributed by atoms with van der Waals surface area (Å²) < 4.78 is 0. The van der Waals surface area contributed by atoms with Crippen molar-refractivity contribution >= 4 is 22.5 Å². The zero-order chi connectivity index (χ0) is 13.1. The lowest BCUT2D eigenvalue weighted by Crippen LogP contribution is -2.25. The van der Waals surface area contributed by atoms with Gasteiger partial charge in [0.25, 0.3) is 5.91 Å². The van der Waals surface area contributed by atoms with Crippen LogP contribution in [-0.4, -0.2) is 22.6 Å². The second kappa shape index (κ2) is 5.08. The molecule has 4 N–H and O–H groups in total. The number of nitrogens with one attached hydrogen (secondary N) is 2. The van der Waals surface area contributed by atoms with E-state index in [0.29, 0.717) is 23.8 Å². The molecule has 0 unspecified atom stereocenters. The minimum absolute atomic E-state index is 0.160. The highest BCUT2D eigenvalue weighted by molar-refractivity contribution is 6.05. The predicted molar refractivity (Wildman–Crippen MR) is 72.3 cm³/mol. The Kier molecular flexibility index (Phi) is 3.50. The van der Waals surface area contributed by atoms with Gasteiger partial charge in [-0.25, -0.2) is 0 Å². The fraction of sp³-hybridized carbons (Fsp3) is 0.385.